The average Bonchev–Trinajstić information content (AvgIpc) is 2.65. The molecule has 1 N–H and O–H groups in total. The lowest BCUT2D eigenvalue weighted by atomic mass is 9.99. The highest BCUT2D eigenvalue weighted by Crippen LogP contribution is 2.27. The number of nitrogens with one attached hydrogen (secondary N) is 1. The van der Waals surface area contributed by atoms with Gasteiger partial charge < -0.3 is 5.32 Å². The summed E-state index contributed by atoms with van der Waals surface area (Å²) in [4.78, 5) is 16.9. The Morgan fingerprint density at radius 2 is 2.04 bits per heavy atom. The molecule has 144 valence electrons. The van der Waals surface area contributed by atoms with Crippen molar-refractivity contribution in [3.63, 3.8) is 0 Å². The molecule has 0 saturated carbocycles. The first kappa shape index (κ1) is 19.8. The number of hydrogen-bond donors (Lipinski definition) is 1. The fourth-order valence-corrected chi connectivity index (χ4v) is 5.12. The van der Waals surface area contributed by atoms with Crippen LogP contribution in [0.15, 0.2) is 41.4 Å². The Balaban J connectivity index is 1.76. The van der Waals surface area contributed by atoms with Gasteiger partial charge in [-0.2, -0.15) is 4.31 Å². The quantitative estimate of drug-likeness (QED) is 0.842. The van der Waals surface area contributed by atoms with Crippen LogP contribution in [0.5, 0.6) is 0 Å². The molecule has 1 aromatic heterocycles. The molecule has 27 heavy (non-hydrogen) atoms. The Kier molecular flexibility index (Phi) is 5.83. The molecule has 1 atom stereocenters. The molecular formula is C19H22ClN3O3S. The highest BCUT2D eigenvalue weighted by Gasteiger charge is 2.34. The second-order valence-corrected chi connectivity index (χ2v) is 9.16. The van der Waals surface area contributed by atoms with E-state index in [-0.39, 0.29) is 12.5 Å². The summed E-state index contributed by atoms with van der Waals surface area (Å²) in [5, 5.41) is 3.22. The summed E-state index contributed by atoms with van der Waals surface area (Å²) in [5.74, 6) is -0.249. The molecule has 1 aliphatic rings. The minimum absolute atomic E-state index is 0.162. The van der Waals surface area contributed by atoms with Crippen molar-refractivity contribution in [1.82, 2.24) is 9.29 Å². The third-order valence-electron chi connectivity index (χ3n) is 4.70. The van der Waals surface area contributed by atoms with Crippen molar-refractivity contribution in [2.75, 3.05) is 18.4 Å². The molecule has 2 aromatic rings. The van der Waals surface area contributed by atoms with Gasteiger partial charge in [0, 0.05) is 19.3 Å². The van der Waals surface area contributed by atoms with Crippen LogP contribution in [0, 0.1) is 19.8 Å². The predicted molar refractivity (Wildman–Crippen MR) is 105 cm³/mol. The van der Waals surface area contributed by atoms with Crippen molar-refractivity contribution < 1.29 is 13.2 Å². The van der Waals surface area contributed by atoms with Gasteiger partial charge >= 0.3 is 0 Å². The number of pyridine rings is 1. The predicted octanol–water partition coefficient (Wildman–Crippen LogP) is 3.39. The van der Waals surface area contributed by atoms with Crippen LogP contribution < -0.4 is 5.32 Å². The van der Waals surface area contributed by atoms with Crippen molar-refractivity contribution in [2.24, 2.45) is 5.92 Å². The molecule has 0 aliphatic carbocycles. The van der Waals surface area contributed by atoms with Crippen LogP contribution >= 0.6 is 11.6 Å². The number of halogens is 1. The number of rotatable bonds is 4. The molecule has 0 bridgehead atoms. The van der Waals surface area contributed by atoms with Gasteiger partial charge in [0.05, 0.1) is 15.8 Å². The fourth-order valence-electron chi connectivity index (χ4n) is 3.18. The number of aromatic nitrogens is 1. The molecule has 8 heteroatoms. The maximum atomic E-state index is 13.1. The van der Waals surface area contributed by atoms with E-state index in [9.17, 15) is 13.2 Å². The van der Waals surface area contributed by atoms with E-state index in [0.717, 1.165) is 5.56 Å². The Labute approximate surface area is 164 Å². The number of benzene rings is 1. The third kappa shape index (κ3) is 4.48. The summed E-state index contributed by atoms with van der Waals surface area (Å²) in [6.45, 7) is 4.23. The van der Waals surface area contributed by atoms with Crippen molar-refractivity contribution in [3.8, 4) is 0 Å². The largest absolute Gasteiger partial charge is 0.310 e. The van der Waals surface area contributed by atoms with Crippen LogP contribution in [0.2, 0.25) is 5.02 Å². The van der Waals surface area contributed by atoms with E-state index in [0.29, 0.717) is 40.7 Å². The summed E-state index contributed by atoms with van der Waals surface area (Å²) in [5.41, 5.74) is 1.59. The Morgan fingerprint density at radius 3 is 2.74 bits per heavy atom. The molecule has 1 aliphatic heterocycles. The van der Waals surface area contributed by atoms with Crippen molar-refractivity contribution >= 4 is 33.3 Å². The van der Waals surface area contributed by atoms with Crippen molar-refractivity contribution in [1.29, 1.82) is 0 Å². The maximum Gasteiger partial charge on any atom is 0.243 e. The smallest absolute Gasteiger partial charge is 0.243 e. The summed E-state index contributed by atoms with van der Waals surface area (Å²) < 4.78 is 27.6. The van der Waals surface area contributed by atoms with Gasteiger partial charge in [-0.25, -0.2) is 13.4 Å². The maximum absolute atomic E-state index is 13.1. The van der Waals surface area contributed by atoms with Crippen LogP contribution in [-0.2, 0) is 14.8 Å². The number of amides is 1. The van der Waals surface area contributed by atoms with Gasteiger partial charge in [-0.3, -0.25) is 4.79 Å². The van der Waals surface area contributed by atoms with Gasteiger partial charge in [0.2, 0.25) is 15.9 Å². The lowest BCUT2D eigenvalue weighted by molar-refractivity contribution is -0.120. The van der Waals surface area contributed by atoms with Gasteiger partial charge in [-0.15, -0.1) is 0 Å². The number of hydrogen-bond acceptors (Lipinski definition) is 4. The number of piperidine rings is 1. The van der Waals surface area contributed by atoms with E-state index in [1.807, 2.05) is 19.1 Å². The van der Waals surface area contributed by atoms with Crippen molar-refractivity contribution in [2.45, 2.75) is 31.6 Å². The molecule has 2 heterocycles. The van der Waals surface area contributed by atoms with Gasteiger partial charge in [-0.05, 0) is 56.0 Å². The molecule has 1 amide bonds. The van der Waals surface area contributed by atoms with Crippen LogP contribution in [0.4, 0.5) is 5.82 Å². The lowest BCUT2D eigenvalue weighted by Crippen LogP contribution is -2.43. The molecule has 6 nitrogen and oxygen atoms in total. The Hall–Kier alpha value is -1.96. The number of carbonyl (C=O) groups excluding carboxylic acids is 1. The standard InChI is InChI=1S/C19H22ClN3O3S/c1-13-5-6-14(2)17(10-13)27(25,26)23-9-3-4-15(12-23)19(24)22-18-8-7-16(20)11-21-18/h5-8,10-11,15H,3-4,9,12H2,1-2H3,(H,21,22,24). The van der Waals surface area contributed by atoms with E-state index in [1.165, 1.54) is 10.5 Å². The Bertz CT molecular complexity index is 945. The van der Waals surface area contributed by atoms with E-state index >= 15 is 0 Å². The van der Waals surface area contributed by atoms with E-state index in [4.69, 9.17) is 11.6 Å². The molecule has 1 fully saturated rings. The normalized spacial score (nSPS) is 18.3. The second-order valence-electron chi connectivity index (χ2n) is 6.82. The molecule has 1 unspecified atom stereocenters. The zero-order valence-electron chi connectivity index (χ0n) is 15.3. The van der Waals surface area contributed by atoms with E-state index in [2.05, 4.69) is 10.3 Å². The highest BCUT2D eigenvalue weighted by molar-refractivity contribution is 7.89. The minimum Gasteiger partial charge on any atom is -0.310 e. The fraction of sp³-hybridized carbons (Fsp3) is 0.368. The summed E-state index contributed by atoms with van der Waals surface area (Å²) in [7, 11) is -3.64. The zero-order valence-corrected chi connectivity index (χ0v) is 16.8. The zero-order chi connectivity index (χ0) is 19.6. The first-order valence-corrected chi connectivity index (χ1v) is 10.6. The summed E-state index contributed by atoms with van der Waals surface area (Å²) >= 11 is 5.80. The Morgan fingerprint density at radius 1 is 1.26 bits per heavy atom. The van der Waals surface area contributed by atoms with E-state index < -0.39 is 15.9 Å². The topological polar surface area (TPSA) is 79.4 Å². The first-order chi connectivity index (χ1) is 12.8. The van der Waals surface area contributed by atoms with Crippen LogP contribution in [-0.4, -0.2) is 36.7 Å². The first-order valence-electron chi connectivity index (χ1n) is 8.77. The highest BCUT2D eigenvalue weighted by atomic mass is 35.5. The molecule has 3 rings (SSSR count). The number of carbonyl (C=O) groups is 1. The van der Waals surface area contributed by atoms with Crippen LogP contribution in [0.25, 0.3) is 0 Å². The second kappa shape index (κ2) is 7.96. The van der Waals surface area contributed by atoms with Gasteiger partial charge in [0.1, 0.15) is 5.82 Å². The summed E-state index contributed by atoms with van der Waals surface area (Å²) in [6.07, 6.45) is 2.73. The van der Waals surface area contributed by atoms with Crippen LogP contribution in [0.1, 0.15) is 24.0 Å². The number of anilines is 1. The van der Waals surface area contributed by atoms with Crippen LogP contribution in [0.3, 0.4) is 0 Å². The number of sulfonamides is 1. The van der Waals surface area contributed by atoms with Gasteiger partial charge in [0.25, 0.3) is 0 Å². The third-order valence-corrected chi connectivity index (χ3v) is 6.93. The molecular weight excluding hydrogens is 386 g/mol. The molecule has 0 radical (unpaired) electrons. The number of nitrogens with zero attached hydrogens (tertiary/aromatic N) is 2. The minimum atomic E-state index is -3.64. The number of aryl methyl sites for hydroxylation is 2. The van der Waals surface area contributed by atoms with Crippen molar-refractivity contribution in [3.05, 3.63) is 52.7 Å². The molecule has 1 saturated heterocycles. The average molecular weight is 408 g/mol. The lowest BCUT2D eigenvalue weighted by Gasteiger charge is -2.31. The van der Waals surface area contributed by atoms with Gasteiger partial charge in [-0.1, -0.05) is 23.7 Å². The van der Waals surface area contributed by atoms with Gasteiger partial charge in [0.15, 0.2) is 0 Å². The summed E-state index contributed by atoms with van der Waals surface area (Å²) in [6, 6.07) is 8.64. The monoisotopic (exact) mass is 407 g/mol. The molecule has 0 spiro atoms. The molecule has 1 aromatic carbocycles. The SMILES string of the molecule is Cc1ccc(C)c(S(=O)(=O)N2CCCC(C(=O)Nc3ccc(Cl)cn3)C2)c1. The van der Waals surface area contributed by atoms with E-state index in [1.54, 1.807) is 25.1 Å².